The molecule has 0 radical (unpaired) electrons. The van der Waals surface area contributed by atoms with Gasteiger partial charge >= 0.3 is 5.97 Å². The Kier molecular flexibility index (Phi) is 5.41. The molecule has 1 heterocycles. The summed E-state index contributed by atoms with van der Waals surface area (Å²) >= 11 is 3.15. The van der Waals surface area contributed by atoms with E-state index in [9.17, 15) is 9.59 Å². The Bertz CT molecular complexity index is 689. The molecule has 0 bridgehead atoms. The van der Waals surface area contributed by atoms with Gasteiger partial charge in [0.15, 0.2) is 5.78 Å². The number of hydrogen-bond donors (Lipinski definition) is 0. The quantitative estimate of drug-likeness (QED) is 0.416. The molecule has 0 amide bonds. The molecule has 3 nitrogen and oxygen atoms in total. The van der Waals surface area contributed by atoms with Crippen LogP contribution in [0.15, 0.2) is 47.8 Å². The lowest BCUT2D eigenvalue weighted by Crippen LogP contribution is -2.51. The maximum atomic E-state index is 12.9. The predicted molar refractivity (Wildman–Crippen MR) is 98.4 cm³/mol. The number of thioether (sulfide) groups is 1. The van der Waals surface area contributed by atoms with Gasteiger partial charge in [-0.25, -0.2) is 0 Å². The minimum Gasteiger partial charge on any atom is -0.460 e. The van der Waals surface area contributed by atoms with Crippen LogP contribution in [0.5, 0.6) is 0 Å². The van der Waals surface area contributed by atoms with Gasteiger partial charge in [0, 0.05) is 0 Å². The summed E-state index contributed by atoms with van der Waals surface area (Å²) in [5.41, 5.74) is -0.0513. The molecule has 0 N–H and O–H groups in total. The zero-order valence-electron chi connectivity index (χ0n) is 13.6. The molecule has 1 aromatic carbocycles. The average molecular weight is 361 g/mol. The van der Waals surface area contributed by atoms with Crippen LogP contribution >= 0.6 is 23.1 Å². The molecule has 0 saturated heterocycles. The third-order valence-electron chi connectivity index (χ3n) is 4.46. The first-order valence-electron chi connectivity index (χ1n) is 7.94. The molecule has 3 rings (SSSR count). The summed E-state index contributed by atoms with van der Waals surface area (Å²) in [5.74, 6) is 0.939. The van der Waals surface area contributed by atoms with Crippen LogP contribution in [-0.4, -0.2) is 23.8 Å². The Labute approximate surface area is 150 Å². The highest BCUT2D eigenvalue weighted by atomic mass is 32.2. The first-order chi connectivity index (χ1) is 11.7. The number of carbonyl (C=O) groups is 2. The van der Waals surface area contributed by atoms with Crippen molar-refractivity contribution in [2.24, 2.45) is 11.3 Å². The normalized spacial score (nSPS) is 22.6. The fourth-order valence-electron chi connectivity index (χ4n) is 3.23. The van der Waals surface area contributed by atoms with E-state index >= 15 is 0 Å². The Morgan fingerprint density at radius 3 is 2.58 bits per heavy atom. The van der Waals surface area contributed by atoms with Crippen LogP contribution in [0.3, 0.4) is 0 Å². The van der Waals surface area contributed by atoms with Crippen LogP contribution in [0.1, 0.15) is 28.1 Å². The standard InChI is InChI=1S/C19H20O3S2/c1-23-13-15-10-19(11-15,17(20)16-8-5-9-24-16)18(21)22-12-14-6-3-2-4-7-14/h2-9,15H,10-13H2,1H3. The maximum absolute atomic E-state index is 12.9. The van der Waals surface area contributed by atoms with E-state index in [1.165, 1.54) is 11.3 Å². The number of carbonyl (C=O) groups excluding carboxylic acids is 2. The predicted octanol–water partition coefficient (Wildman–Crippen LogP) is 4.43. The summed E-state index contributed by atoms with van der Waals surface area (Å²) in [6.45, 7) is 0.215. The Hall–Kier alpha value is -1.59. The van der Waals surface area contributed by atoms with Crippen molar-refractivity contribution in [2.75, 3.05) is 12.0 Å². The maximum Gasteiger partial charge on any atom is 0.320 e. The molecule has 1 aromatic heterocycles. The third kappa shape index (κ3) is 3.42. The van der Waals surface area contributed by atoms with Crippen molar-refractivity contribution < 1.29 is 14.3 Å². The number of benzene rings is 1. The van der Waals surface area contributed by atoms with Crippen molar-refractivity contribution in [1.29, 1.82) is 0 Å². The van der Waals surface area contributed by atoms with Crippen LogP contribution in [0.25, 0.3) is 0 Å². The van der Waals surface area contributed by atoms with Gasteiger partial charge in [-0.3, -0.25) is 9.59 Å². The largest absolute Gasteiger partial charge is 0.460 e. The molecule has 0 atom stereocenters. The van der Waals surface area contributed by atoms with Crippen LogP contribution in [0.4, 0.5) is 0 Å². The van der Waals surface area contributed by atoms with E-state index in [0.29, 0.717) is 23.6 Å². The fourth-order valence-corrected chi connectivity index (χ4v) is 4.70. The summed E-state index contributed by atoms with van der Waals surface area (Å²) in [4.78, 5) is 26.3. The minimum absolute atomic E-state index is 0.0760. The molecular formula is C19H20O3S2. The molecule has 1 aliphatic rings. The number of ketones is 1. The molecule has 126 valence electrons. The molecule has 1 saturated carbocycles. The smallest absolute Gasteiger partial charge is 0.320 e. The highest BCUT2D eigenvalue weighted by molar-refractivity contribution is 7.98. The van der Waals surface area contributed by atoms with E-state index in [1.807, 2.05) is 41.8 Å². The van der Waals surface area contributed by atoms with Crippen molar-refractivity contribution in [3.05, 3.63) is 58.3 Å². The highest BCUT2D eigenvalue weighted by Crippen LogP contribution is 2.50. The van der Waals surface area contributed by atoms with Crippen LogP contribution in [-0.2, 0) is 16.1 Å². The van der Waals surface area contributed by atoms with E-state index in [0.717, 1.165) is 11.3 Å². The van der Waals surface area contributed by atoms with E-state index in [-0.39, 0.29) is 18.4 Å². The minimum atomic E-state index is -0.986. The van der Waals surface area contributed by atoms with Crippen molar-refractivity contribution >= 4 is 34.9 Å². The lowest BCUT2D eigenvalue weighted by molar-refractivity contribution is -0.161. The van der Waals surface area contributed by atoms with Crippen LogP contribution < -0.4 is 0 Å². The van der Waals surface area contributed by atoms with Crippen molar-refractivity contribution in [1.82, 2.24) is 0 Å². The van der Waals surface area contributed by atoms with E-state index < -0.39 is 5.41 Å². The topological polar surface area (TPSA) is 43.4 Å². The van der Waals surface area contributed by atoms with Crippen LogP contribution in [0, 0.1) is 11.3 Å². The van der Waals surface area contributed by atoms with Gasteiger partial charge in [0.2, 0.25) is 0 Å². The zero-order chi connectivity index (χ0) is 17.0. The number of Topliss-reactive ketones (excluding diaryl/α,β-unsaturated/α-hetero) is 1. The number of thiophene rings is 1. The number of esters is 1. The second kappa shape index (κ2) is 7.53. The first-order valence-corrected chi connectivity index (χ1v) is 10.2. The van der Waals surface area contributed by atoms with Gasteiger partial charge in [-0.2, -0.15) is 11.8 Å². The van der Waals surface area contributed by atoms with Gasteiger partial charge in [0.25, 0.3) is 0 Å². The molecule has 0 spiro atoms. The number of rotatable bonds is 7. The molecule has 2 aromatic rings. The average Bonchev–Trinajstić information content (AvgIpc) is 3.10. The van der Waals surface area contributed by atoms with E-state index in [4.69, 9.17) is 4.74 Å². The molecular weight excluding hydrogens is 340 g/mol. The molecule has 0 aliphatic heterocycles. The number of ether oxygens (including phenoxy) is 1. The molecule has 1 aliphatic carbocycles. The molecule has 24 heavy (non-hydrogen) atoms. The van der Waals surface area contributed by atoms with Gasteiger partial charge < -0.3 is 4.74 Å². The Morgan fingerprint density at radius 2 is 1.96 bits per heavy atom. The summed E-state index contributed by atoms with van der Waals surface area (Å²) in [6, 6.07) is 13.2. The second-order valence-electron chi connectivity index (χ2n) is 6.18. The SMILES string of the molecule is CSCC1CC(C(=O)OCc2ccccc2)(C(=O)c2cccs2)C1. The second-order valence-corrected chi connectivity index (χ2v) is 8.04. The van der Waals surface area contributed by atoms with E-state index in [2.05, 4.69) is 6.26 Å². The van der Waals surface area contributed by atoms with Crippen molar-refractivity contribution in [2.45, 2.75) is 19.4 Å². The molecule has 0 unspecified atom stereocenters. The summed E-state index contributed by atoms with van der Waals surface area (Å²) in [5, 5.41) is 1.87. The van der Waals surface area contributed by atoms with Gasteiger partial charge in [-0.1, -0.05) is 36.4 Å². The Balaban J connectivity index is 1.73. The summed E-state index contributed by atoms with van der Waals surface area (Å²) in [6.07, 6.45) is 3.24. The fraction of sp³-hybridized carbons (Fsp3) is 0.368. The zero-order valence-corrected chi connectivity index (χ0v) is 15.2. The lowest BCUT2D eigenvalue weighted by Gasteiger charge is -2.43. The Morgan fingerprint density at radius 1 is 1.21 bits per heavy atom. The lowest BCUT2D eigenvalue weighted by atomic mass is 9.60. The summed E-state index contributed by atoms with van der Waals surface area (Å²) in [7, 11) is 0. The van der Waals surface area contributed by atoms with Crippen LogP contribution in [0.2, 0.25) is 0 Å². The van der Waals surface area contributed by atoms with Crippen molar-refractivity contribution in [3.63, 3.8) is 0 Å². The van der Waals surface area contributed by atoms with Crippen molar-refractivity contribution in [3.8, 4) is 0 Å². The van der Waals surface area contributed by atoms with E-state index in [1.54, 1.807) is 17.8 Å². The van der Waals surface area contributed by atoms with Gasteiger partial charge in [-0.05, 0) is 47.8 Å². The van der Waals surface area contributed by atoms with Gasteiger partial charge in [-0.15, -0.1) is 11.3 Å². The van der Waals surface area contributed by atoms with Gasteiger partial charge in [0.05, 0.1) is 4.88 Å². The molecule has 1 fully saturated rings. The monoisotopic (exact) mass is 360 g/mol. The first kappa shape index (κ1) is 17.2. The summed E-state index contributed by atoms with van der Waals surface area (Å²) < 4.78 is 5.52. The highest BCUT2D eigenvalue weighted by Gasteiger charge is 2.56. The molecule has 5 heteroatoms. The number of hydrogen-bond acceptors (Lipinski definition) is 5. The van der Waals surface area contributed by atoms with Gasteiger partial charge in [0.1, 0.15) is 12.0 Å². The third-order valence-corrected chi connectivity index (χ3v) is 6.13.